The van der Waals surface area contributed by atoms with Gasteiger partial charge in [0.15, 0.2) is 11.6 Å². The third kappa shape index (κ3) is 2.73. The number of nitrogens with one attached hydrogen (secondary N) is 1. The van der Waals surface area contributed by atoms with Gasteiger partial charge in [0, 0.05) is 12.6 Å². The van der Waals surface area contributed by atoms with E-state index in [1.165, 1.54) is 13.2 Å². The number of carbonyl (C=O) groups excluding carboxylic acids is 1. The molecule has 2 rings (SSSR count). The van der Waals surface area contributed by atoms with Crippen molar-refractivity contribution < 1.29 is 13.9 Å². The van der Waals surface area contributed by atoms with Gasteiger partial charge in [-0.15, -0.1) is 0 Å². The van der Waals surface area contributed by atoms with Gasteiger partial charge in [-0.1, -0.05) is 18.2 Å². The number of ether oxygens (including phenoxy) is 1. The number of rotatable bonds is 3. The molecule has 2 aromatic rings. The molecule has 0 heterocycles. The summed E-state index contributed by atoms with van der Waals surface area (Å²) in [4.78, 5) is 11.6. The highest BCUT2D eigenvalue weighted by atomic mass is 19.1. The van der Waals surface area contributed by atoms with E-state index >= 15 is 0 Å². The maximum Gasteiger partial charge on any atom is 0.251 e. The van der Waals surface area contributed by atoms with E-state index in [4.69, 9.17) is 4.74 Å². The summed E-state index contributed by atoms with van der Waals surface area (Å²) in [5, 5.41) is 2.56. The van der Waals surface area contributed by atoms with Crippen molar-refractivity contribution in [3.63, 3.8) is 0 Å². The fourth-order valence-electron chi connectivity index (χ4n) is 1.83. The number of hydrogen-bond donors (Lipinski definition) is 1. The average Bonchev–Trinajstić information content (AvgIpc) is 2.46. The van der Waals surface area contributed by atoms with Crippen molar-refractivity contribution in [3.8, 4) is 16.9 Å². The summed E-state index contributed by atoms with van der Waals surface area (Å²) in [5.74, 6) is -0.396. The Morgan fingerprint density at radius 1 is 1.16 bits per heavy atom. The third-order valence-corrected chi connectivity index (χ3v) is 2.84. The lowest BCUT2D eigenvalue weighted by atomic mass is 10.0. The van der Waals surface area contributed by atoms with Crippen LogP contribution in [0.2, 0.25) is 0 Å². The normalized spacial score (nSPS) is 10.1. The van der Waals surface area contributed by atoms with E-state index in [0.717, 1.165) is 5.56 Å². The van der Waals surface area contributed by atoms with Gasteiger partial charge in [-0.3, -0.25) is 4.79 Å². The molecule has 0 aromatic heterocycles. The molecule has 0 radical (unpaired) electrons. The Bertz CT molecular complexity index is 611. The molecule has 1 amide bonds. The first-order valence-corrected chi connectivity index (χ1v) is 5.81. The average molecular weight is 259 g/mol. The topological polar surface area (TPSA) is 38.3 Å². The minimum absolute atomic E-state index is 0.171. The van der Waals surface area contributed by atoms with Crippen LogP contribution in [0, 0.1) is 5.82 Å². The molecule has 2 aromatic carbocycles. The largest absolute Gasteiger partial charge is 0.494 e. The van der Waals surface area contributed by atoms with Crippen molar-refractivity contribution in [2.24, 2.45) is 0 Å². The van der Waals surface area contributed by atoms with Crippen LogP contribution < -0.4 is 10.1 Å². The van der Waals surface area contributed by atoms with E-state index in [1.54, 1.807) is 37.4 Å². The number of amides is 1. The van der Waals surface area contributed by atoms with Crippen LogP contribution in [0.5, 0.6) is 5.75 Å². The maximum atomic E-state index is 13.7. The number of methoxy groups -OCH3 is 1. The first-order valence-electron chi connectivity index (χ1n) is 5.81. The van der Waals surface area contributed by atoms with E-state index in [2.05, 4.69) is 5.32 Å². The third-order valence-electron chi connectivity index (χ3n) is 2.84. The minimum atomic E-state index is -0.426. The second-order valence-electron chi connectivity index (χ2n) is 4.01. The maximum absolute atomic E-state index is 13.7. The molecule has 0 atom stereocenters. The first kappa shape index (κ1) is 13.1. The molecule has 3 nitrogen and oxygen atoms in total. The highest BCUT2D eigenvalue weighted by Gasteiger charge is 2.08. The van der Waals surface area contributed by atoms with Gasteiger partial charge in [0.25, 0.3) is 5.91 Å². The predicted octanol–water partition coefficient (Wildman–Crippen LogP) is 2.86. The summed E-state index contributed by atoms with van der Waals surface area (Å²) in [7, 11) is 2.99. The van der Waals surface area contributed by atoms with Crippen LogP contribution in [0.25, 0.3) is 11.1 Å². The zero-order valence-electron chi connectivity index (χ0n) is 10.7. The first-order chi connectivity index (χ1) is 9.15. The van der Waals surface area contributed by atoms with E-state index in [0.29, 0.717) is 11.1 Å². The number of benzene rings is 2. The van der Waals surface area contributed by atoms with Crippen molar-refractivity contribution in [1.82, 2.24) is 5.32 Å². The smallest absolute Gasteiger partial charge is 0.251 e. The van der Waals surface area contributed by atoms with Gasteiger partial charge >= 0.3 is 0 Å². The van der Waals surface area contributed by atoms with Crippen molar-refractivity contribution in [1.29, 1.82) is 0 Å². The highest BCUT2D eigenvalue weighted by molar-refractivity contribution is 5.95. The molecule has 0 unspecified atom stereocenters. The summed E-state index contributed by atoms with van der Waals surface area (Å²) in [6.45, 7) is 0. The minimum Gasteiger partial charge on any atom is -0.494 e. The molecule has 0 spiro atoms. The summed E-state index contributed by atoms with van der Waals surface area (Å²) in [5.41, 5.74) is 2.02. The molecule has 1 N–H and O–H groups in total. The molecule has 0 bridgehead atoms. The Labute approximate surface area is 111 Å². The summed E-state index contributed by atoms with van der Waals surface area (Å²) >= 11 is 0. The molecule has 0 aliphatic carbocycles. The van der Waals surface area contributed by atoms with Crippen molar-refractivity contribution >= 4 is 5.91 Å². The second kappa shape index (κ2) is 5.52. The standard InChI is InChI=1S/C15H14FNO2/c1-17-15(18)12-5-3-4-10(8-12)11-6-7-14(19-2)13(16)9-11/h3-9H,1-2H3,(H,17,18). The lowest BCUT2D eigenvalue weighted by Crippen LogP contribution is -2.17. The van der Waals surface area contributed by atoms with Gasteiger partial charge in [-0.05, 0) is 35.4 Å². The molecule has 0 saturated heterocycles. The van der Waals surface area contributed by atoms with Gasteiger partial charge in [0.1, 0.15) is 0 Å². The Kier molecular flexibility index (Phi) is 3.80. The van der Waals surface area contributed by atoms with Crippen molar-refractivity contribution in [2.45, 2.75) is 0 Å². The summed E-state index contributed by atoms with van der Waals surface area (Å²) < 4.78 is 18.5. The lowest BCUT2D eigenvalue weighted by molar-refractivity contribution is 0.0963. The number of carbonyl (C=O) groups is 1. The Hall–Kier alpha value is -2.36. The van der Waals surface area contributed by atoms with Gasteiger partial charge in [-0.25, -0.2) is 4.39 Å². The molecule has 19 heavy (non-hydrogen) atoms. The Morgan fingerprint density at radius 2 is 1.89 bits per heavy atom. The van der Waals surface area contributed by atoms with Crippen LogP contribution >= 0.6 is 0 Å². The van der Waals surface area contributed by atoms with Crippen molar-refractivity contribution in [2.75, 3.05) is 14.2 Å². The highest BCUT2D eigenvalue weighted by Crippen LogP contribution is 2.26. The lowest BCUT2D eigenvalue weighted by Gasteiger charge is -2.07. The van der Waals surface area contributed by atoms with Crippen LogP contribution in [0.1, 0.15) is 10.4 Å². The zero-order chi connectivity index (χ0) is 13.8. The molecular weight excluding hydrogens is 245 g/mol. The Morgan fingerprint density at radius 3 is 2.53 bits per heavy atom. The zero-order valence-corrected chi connectivity index (χ0v) is 10.7. The fraction of sp³-hybridized carbons (Fsp3) is 0.133. The second-order valence-corrected chi connectivity index (χ2v) is 4.01. The molecule has 0 fully saturated rings. The molecule has 0 aliphatic heterocycles. The van der Waals surface area contributed by atoms with E-state index < -0.39 is 5.82 Å². The van der Waals surface area contributed by atoms with E-state index in [9.17, 15) is 9.18 Å². The quantitative estimate of drug-likeness (QED) is 0.920. The number of halogens is 1. The molecule has 4 heteroatoms. The molecule has 0 aliphatic rings. The molecule has 98 valence electrons. The van der Waals surface area contributed by atoms with Crippen LogP contribution in [0.3, 0.4) is 0 Å². The Balaban J connectivity index is 2.41. The van der Waals surface area contributed by atoms with Crippen molar-refractivity contribution in [3.05, 3.63) is 53.8 Å². The monoisotopic (exact) mass is 259 g/mol. The summed E-state index contributed by atoms with van der Waals surface area (Å²) in [6.07, 6.45) is 0. The van der Waals surface area contributed by atoms with Gasteiger partial charge in [0.05, 0.1) is 7.11 Å². The number of hydrogen-bond acceptors (Lipinski definition) is 2. The van der Waals surface area contributed by atoms with Gasteiger partial charge in [-0.2, -0.15) is 0 Å². The van der Waals surface area contributed by atoms with Gasteiger partial charge < -0.3 is 10.1 Å². The fourth-order valence-corrected chi connectivity index (χ4v) is 1.83. The van der Waals surface area contributed by atoms with Crippen LogP contribution in [0.4, 0.5) is 4.39 Å². The van der Waals surface area contributed by atoms with Gasteiger partial charge in [0.2, 0.25) is 0 Å². The molecular formula is C15H14FNO2. The van der Waals surface area contributed by atoms with Crippen LogP contribution in [0.15, 0.2) is 42.5 Å². The summed E-state index contributed by atoms with van der Waals surface area (Å²) in [6, 6.07) is 11.7. The molecule has 0 saturated carbocycles. The predicted molar refractivity (Wildman–Crippen MR) is 71.8 cm³/mol. The van der Waals surface area contributed by atoms with E-state index in [-0.39, 0.29) is 11.7 Å². The SMILES string of the molecule is CNC(=O)c1cccc(-c2ccc(OC)c(F)c2)c1. The van der Waals surface area contributed by atoms with Crippen LogP contribution in [-0.2, 0) is 0 Å². The van der Waals surface area contributed by atoms with Crippen LogP contribution in [-0.4, -0.2) is 20.1 Å². The van der Waals surface area contributed by atoms with E-state index in [1.807, 2.05) is 6.07 Å².